The Morgan fingerprint density at radius 3 is 2.60 bits per heavy atom. The number of carbonyl (C=O) groups excluding carboxylic acids is 2. The van der Waals surface area contributed by atoms with Gasteiger partial charge in [-0.05, 0) is 18.8 Å². The summed E-state index contributed by atoms with van der Waals surface area (Å²) in [6, 6.07) is -0.376. The fourth-order valence-corrected chi connectivity index (χ4v) is 1.64. The van der Waals surface area contributed by atoms with Crippen LogP contribution in [-0.2, 0) is 9.59 Å². The summed E-state index contributed by atoms with van der Waals surface area (Å²) >= 11 is 0. The van der Waals surface area contributed by atoms with Gasteiger partial charge < -0.3 is 10.2 Å². The molecule has 1 N–H and O–H groups in total. The average molecular weight is 212 g/mol. The average Bonchev–Trinajstić information content (AvgIpc) is 2.13. The van der Waals surface area contributed by atoms with Gasteiger partial charge in [-0.15, -0.1) is 0 Å². The molecule has 1 aliphatic rings. The molecule has 4 heteroatoms. The smallest absolute Gasteiger partial charge is 0.245 e. The molecule has 0 radical (unpaired) electrons. The zero-order valence-corrected chi connectivity index (χ0v) is 9.96. The fraction of sp³-hybridized carbons (Fsp3) is 0.818. The highest BCUT2D eigenvalue weighted by Gasteiger charge is 2.32. The summed E-state index contributed by atoms with van der Waals surface area (Å²) < 4.78 is 0. The number of amides is 2. The molecular formula is C11H20N2O2. The molecule has 1 rings (SSSR count). The van der Waals surface area contributed by atoms with E-state index in [0.717, 1.165) is 6.42 Å². The minimum absolute atomic E-state index is 0.0242. The van der Waals surface area contributed by atoms with Crippen LogP contribution >= 0.6 is 0 Å². The summed E-state index contributed by atoms with van der Waals surface area (Å²) in [4.78, 5) is 24.7. The predicted octanol–water partition coefficient (Wildman–Crippen LogP) is 0.769. The Balaban J connectivity index is 2.68. The van der Waals surface area contributed by atoms with Crippen molar-refractivity contribution in [2.45, 2.75) is 40.2 Å². The number of carbonyl (C=O) groups is 2. The van der Waals surface area contributed by atoms with Crippen molar-refractivity contribution in [3.8, 4) is 0 Å². The third kappa shape index (κ3) is 2.94. The quantitative estimate of drug-likeness (QED) is 0.751. The Hall–Kier alpha value is -1.06. The standard InChI is InChI=1S/C11H20N2O2/c1-5-11(3,4)7-13-6-9(14)12-8(2)10(13)15/h8H,5-7H2,1-4H3,(H,12,14). The lowest BCUT2D eigenvalue weighted by atomic mass is 9.89. The second-order valence-corrected chi connectivity index (χ2v) is 5.00. The van der Waals surface area contributed by atoms with Crippen LogP contribution in [0.5, 0.6) is 0 Å². The van der Waals surface area contributed by atoms with Crippen molar-refractivity contribution in [2.24, 2.45) is 5.41 Å². The van der Waals surface area contributed by atoms with Gasteiger partial charge in [0.2, 0.25) is 11.8 Å². The molecule has 0 saturated carbocycles. The van der Waals surface area contributed by atoms with Crippen molar-refractivity contribution in [3.05, 3.63) is 0 Å². The van der Waals surface area contributed by atoms with Crippen LogP contribution in [0.15, 0.2) is 0 Å². The molecule has 1 aliphatic heterocycles. The Labute approximate surface area is 91.0 Å². The van der Waals surface area contributed by atoms with Gasteiger partial charge in [-0.1, -0.05) is 20.8 Å². The molecule has 1 atom stereocenters. The van der Waals surface area contributed by atoms with E-state index in [1.54, 1.807) is 11.8 Å². The number of nitrogens with zero attached hydrogens (tertiary/aromatic N) is 1. The Morgan fingerprint density at radius 1 is 1.47 bits per heavy atom. The molecule has 1 saturated heterocycles. The summed E-state index contributed by atoms with van der Waals surface area (Å²) in [6.45, 7) is 8.89. The molecular weight excluding hydrogens is 192 g/mol. The summed E-state index contributed by atoms with van der Waals surface area (Å²) in [5.74, 6) is -0.0369. The van der Waals surface area contributed by atoms with Gasteiger partial charge in [0.15, 0.2) is 0 Å². The lowest BCUT2D eigenvalue weighted by Gasteiger charge is -2.36. The van der Waals surface area contributed by atoms with Crippen molar-refractivity contribution in [1.29, 1.82) is 0 Å². The van der Waals surface area contributed by atoms with Gasteiger partial charge in [0.1, 0.15) is 6.04 Å². The molecule has 0 aromatic carbocycles. The second-order valence-electron chi connectivity index (χ2n) is 5.00. The maximum absolute atomic E-state index is 11.8. The van der Waals surface area contributed by atoms with Gasteiger partial charge in [-0.25, -0.2) is 0 Å². The summed E-state index contributed by atoms with van der Waals surface area (Å²) in [6.07, 6.45) is 0.993. The number of nitrogens with one attached hydrogen (secondary N) is 1. The van der Waals surface area contributed by atoms with Gasteiger partial charge in [0.25, 0.3) is 0 Å². The van der Waals surface area contributed by atoms with Gasteiger partial charge in [0, 0.05) is 6.54 Å². The van der Waals surface area contributed by atoms with Crippen molar-refractivity contribution in [2.75, 3.05) is 13.1 Å². The third-order valence-electron chi connectivity index (χ3n) is 2.97. The third-order valence-corrected chi connectivity index (χ3v) is 2.97. The predicted molar refractivity (Wildman–Crippen MR) is 58.3 cm³/mol. The van der Waals surface area contributed by atoms with Crippen molar-refractivity contribution >= 4 is 11.8 Å². The van der Waals surface area contributed by atoms with Crippen LogP contribution in [0.1, 0.15) is 34.1 Å². The number of rotatable bonds is 3. The zero-order chi connectivity index (χ0) is 11.6. The van der Waals surface area contributed by atoms with E-state index in [-0.39, 0.29) is 29.8 Å². The van der Waals surface area contributed by atoms with E-state index >= 15 is 0 Å². The monoisotopic (exact) mass is 212 g/mol. The van der Waals surface area contributed by atoms with E-state index < -0.39 is 0 Å². The molecule has 15 heavy (non-hydrogen) atoms. The maximum Gasteiger partial charge on any atom is 0.245 e. The minimum Gasteiger partial charge on any atom is -0.343 e. The van der Waals surface area contributed by atoms with Gasteiger partial charge in [-0.3, -0.25) is 9.59 Å². The molecule has 1 heterocycles. The molecule has 1 unspecified atom stereocenters. The van der Waals surface area contributed by atoms with Crippen LogP contribution in [0.4, 0.5) is 0 Å². The maximum atomic E-state index is 11.8. The number of hydrogen-bond donors (Lipinski definition) is 1. The highest BCUT2D eigenvalue weighted by molar-refractivity contribution is 5.94. The summed E-state index contributed by atoms with van der Waals surface area (Å²) in [7, 11) is 0. The SMILES string of the molecule is CCC(C)(C)CN1CC(=O)NC(C)C1=O. The van der Waals surface area contributed by atoms with Crippen LogP contribution < -0.4 is 5.32 Å². The van der Waals surface area contributed by atoms with E-state index in [2.05, 4.69) is 26.1 Å². The molecule has 86 valence electrons. The summed E-state index contributed by atoms with van der Waals surface area (Å²) in [5, 5.41) is 2.63. The molecule has 0 aromatic rings. The molecule has 2 amide bonds. The Kier molecular flexibility index (Phi) is 3.37. The minimum atomic E-state index is -0.376. The molecule has 1 fully saturated rings. The lowest BCUT2D eigenvalue weighted by molar-refractivity contribution is -0.145. The van der Waals surface area contributed by atoms with Crippen LogP contribution in [0.25, 0.3) is 0 Å². The van der Waals surface area contributed by atoms with Crippen LogP contribution in [0.2, 0.25) is 0 Å². The summed E-state index contributed by atoms with van der Waals surface area (Å²) in [5.41, 5.74) is 0.0764. The van der Waals surface area contributed by atoms with Crippen molar-refractivity contribution in [1.82, 2.24) is 10.2 Å². The van der Waals surface area contributed by atoms with Crippen LogP contribution in [0.3, 0.4) is 0 Å². The van der Waals surface area contributed by atoms with E-state index in [0.29, 0.717) is 6.54 Å². The first-order valence-electron chi connectivity index (χ1n) is 5.44. The van der Waals surface area contributed by atoms with Crippen molar-refractivity contribution in [3.63, 3.8) is 0 Å². The zero-order valence-electron chi connectivity index (χ0n) is 9.96. The molecule has 0 spiro atoms. The van der Waals surface area contributed by atoms with Crippen molar-refractivity contribution < 1.29 is 9.59 Å². The molecule has 0 aliphatic carbocycles. The van der Waals surface area contributed by atoms with E-state index in [4.69, 9.17) is 0 Å². The van der Waals surface area contributed by atoms with E-state index in [1.165, 1.54) is 0 Å². The number of hydrogen-bond acceptors (Lipinski definition) is 2. The molecule has 4 nitrogen and oxygen atoms in total. The first-order valence-corrected chi connectivity index (χ1v) is 5.44. The molecule has 0 aromatic heterocycles. The van der Waals surface area contributed by atoms with Crippen LogP contribution in [-0.4, -0.2) is 35.8 Å². The first kappa shape index (κ1) is 12.0. The highest BCUT2D eigenvalue weighted by atomic mass is 16.2. The topological polar surface area (TPSA) is 49.4 Å². The van der Waals surface area contributed by atoms with E-state index in [9.17, 15) is 9.59 Å². The largest absolute Gasteiger partial charge is 0.343 e. The number of piperazine rings is 1. The van der Waals surface area contributed by atoms with Crippen LogP contribution in [0, 0.1) is 5.41 Å². The van der Waals surface area contributed by atoms with E-state index in [1.807, 2.05) is 0 Å². The van der Waals surface area contributed by atoms with Gasteiger partial charge >= 0.3 is 0 Å². The van der Waals surface area contributed by atoms with Gasteiger partial charge in [-0.2, -0.15) is 0 Å². The second kappa shape index (κ2) is 4.21. The normalized spacial score (nSPS) is 22.9. The highest BCUT2D eigenvalue weighted by Crippen LogP contribution is 2.22. The lowest BCUT2D eigenvalue weighted by Crippen LogP contribution is -2.58. The first-order chi connectivity index (χ1) is 6.85. The Morgan fingerprint density at radius 2 is 2.07 bits per heavy atom. The molecule has 0 bridgehead atoms. The fourth-order valence-electron chi connectivity index (χ4n) is 1.64. The van der Waals surface area contributed by atoms with Gasteiger partial charge in [0.05, 0.1) is 6.54 Å². The Bertz CT molecular complexity index is 274.